The Morgan fingerprint density at radius 2 is 1.74 bits per heavy atom. The average molecular weight is 279 g/mol. The fourth-order valence-electron chi connectivity index (χ4n) is 1.64. The summed E-state index contributed by atoms with van der Waals surface area (Å²) in [4.78, 5) is 0. The summed E-state index contributed by atoms with van der Waals surface area (Å²) >= 11 is 5.75. The molecule has 0 fully saturated rings. The Hall–Kier alpha value is -2.12. The van der Waals surface area contributed by atoms with Crippen LogP contribution in [0.3, 0.4) is 0 Å². The zero-order chi connectivity index (χ0) is 13.8. The van der Waals surface area contributed by atoms with Crippen molar-refractivity contribution >= 4 is 17.3 Å². The van der Waals surface area contributed by atoms with E-state index in [1.165, 1.54) is 36.4 Å². The Bertz CT molecular complexity index is 600. The lowest BCUT2D eigenvalue weighted by atomic mass is 10.1. The third kappa shape index (κ3) is 3.43. The molecule has 0 saturated carbocycles. The number of anilines is 1. The summed E-state index contributed by atoms with van der Waals surface area (Å²) in [6.45, 7) is 0. The molecule has 0 aliphatic rings. The predicted molar refractivity (Wildman–Crippen MR) is 69.8 cm³/mol. The van der Waals surface area contributed by atoms with Crippen molar-refractivity contribution in [3.8, 4) is 6.07 Å². The number of nitrogens with one attached hydrogen (secondary N) is 1. The van der Waals surface area contributed by atoms with Crippen molar-refractivity contribution in [3.63, 3.8) is 0 Å². The topological polar surface area (TPSA) is 35.8 Å². The van der Waals surface area contributed by atoms with Gasteiger partial charge in [0.1, 0.15) is 17.7 Å². The maximum absolute atomic E-state index is 13.2. The highest BCUT2D eigenvalue weighted by atomic mass is 35.5. The lowest BCUT2D eigenvalue weighted by Gasteiger charge is -2.13. The van der Waals surface area contributed by atoms with Crippen molar-refractivity contribution in [1.29, 1.82) is 5.26 Å². The summed E-state index contributed by atoms with van der Waals surface area (Å²) in [6.07, 6.45) is 0. The van der Waals surface area contributed by atoms with Gasteiger partial charge in [0.15, 0.2) is 0 Å². The number of halogens is 3. The van der Waals surface area contributed by atoms with E-state index >= 15 is 0 Å². The Morgan fingerprint density at radius 3 is 2.32 bits per heavy atom. The summed E-state index contributed by atoms with van der Waals surface area (Å²) in [5.74, 6) is -0.878. The monoisotopic (exact) mass is 278 g/mol. The number of hydrogen-bond acceptors (Lipinski definition) is 2. The molecule has 0 radical (unpaired) electrons. The van der Waals surface area contributed by atoms with E-state index in [1.54, 1.807) is 0 Å². The fourth-order valence-corrected chi connectivity index (χ4v) is 1.87. The normalized spacial score (nSPS) is 11.7. The summed E-state index contributed by atoms with van der Waals surface area (Å²) in [7, 11) is 0. The summed E-state index contributed by atoms with van der Waals surface area (Å²) in [5, 5.41) is 12.2. The molecule has 0 heterocycles. The highest BCUT2D eigenvalue weighted by Gasteiger charge is 2.12. The molecule has 0 saturated heterocycles. The van der Waals surface area contributed by atoms with Crippen molar-refractivity contribution in [2.24, 2.45) is 0 Å². The first-order valence-corrected chi connectivity index (χ1v) is 5.84. The summed E-state index contributed by atoms with van der Waals surface area (Å²) in [6, 6.07) is 10.7. The smallest absolute Gasteiger partial charge is 0.140 e. The number of rotatable bonds is 3. The van der Waals surface area contributed by atoms with Crippen LogP contribution in [0, 0.1) is 23.0 Å². The molecule has 19 heavy (non-hydrogen) atoms. The minimum absolute atomic E-state index is 0.219. The van der Waals surface area contributed by atoms with Gasteiger partial charge in [0.25, 0.3) is 0 Å². The number of benzene rings is 2. The van der Waals surface area contributed by atoms with Gasteiger partial charge in [-0.25, -0.2) is 8.78 Å². The van der Waals surface area contributed by atoms with Crippen LogP contribution in [-0.2, 0) is 0 Å². The molecule has 0 amide bonds. The van der Waals surface area contributed by atoms with Gasteiger partial charge in [0.2, 0.25) is 0 Å². The quantitative estimate of drug-likeness (QED) is 0.909. The van der Waals surface area contributed by atoms with Crippen molar-refractivity contribution in [1.82, 2.24) is 0 Å². The van der Waals surface area contributed by atoms with E-state index in [0.29, 0.717) is 11.3 Å². The van der Waals surface area contributed by atoms with Crippen molar-refractivity contribution < 1.29 is 8.78 Å². The molecule has 0 spiro atoms. The van der Waals surface area contributed by atoms with Gasteiger partial charge in [-0.2, -0.15) is 5.26 Å². The Balaban J connectivity index is 2.25. The fraction of sp³-hybridized carbons (Fsp3) is 0.0714. The van der Waals surface area contributed by atoms with Crippen LogP contribution >= 0.6 is 11.6 Å². The molecule has 0 aliphatic carbocycles. The molecule has 2 aromatic rings. The van der Waals surface area contributed by atoms with Crippen LogP contribution in [0.4, 0.5) is 14.5 Å². The molecule has 2 rings (SSSR count). The van der Waals surface area contributed by atoms with E-state index in [-0.39, 0.29) is 10.8 Å². The SMILES string of the molecule is N#CC(Nc1ccc(F)cc1)c1cc(F)cc(Cl)c1. The first-order chi connectivity index (χ1) is 9.08. The van der Waals surface area contributed by atoms with Gasteiger partial charge in [-0.3, -0.25) is 0 Å². The van der Waals surface area contributed by atoms with Crippen LogP contribution in [0.5, 0.6) is 0 Å². The van der Waals surface area contributed by atoms with Crippen LogP contribution in [0.25, 0.3) is 0 Å². The van der Waals surface area contributed by atoms with E-state index in [4.69, 9.17) is 16.9 Å². The highest BCUT2D eigenvalue weighted by Crippen LogP contribution is 2.23. The Morgan fingerprint density at radius 1 is 1.05 bits per heavy atom. The molecule has 1 unspecified atom stereocenters. The molecule has 0 bridgehead atoms. The lowest BCUT2D eigenvalue weighted by molar-refractivity contribution is 0.625. The van der Waals surface area contributed by atoms with Crippen LogP contribution in [0.2, 0.25) is 5.02 Å². The van der Waals surface area contributed by atoms with Crippen molar-refractivity contribution in [2.75, 3.05) is 5.32 Å². The lowest BCUT2D eigenvalue weighted by Crippen LogP contribution is -2.08. The summed E-state index contributed by atoms with van der Waals surface area (Å²) < 4.78 is 26.0. The average Bonchev–Trinajstić information content (AvgIpc) is 2.37. The van der Waals surface area contributed by atoms with Gasteiger partial charge in [-0.15, -0.1) is 0 Å². The van der Waals surface area contributed by atoms with Crippen LogP contribution in [-0.4, -0.2) is 0 Å². The molecule has 1 atom stereocenters. The van der Waals surface area contributed by atoms with E-state index in [0.717, 1.165) is 6.07 Å². The molecule has 0 aromatic heterocycles. The molecule has 1 N–H and O–H groups in total. The predicted octanol–water partition coefficient (Wildman–Crippen LogP) is 4.29. The minimum atomic E-state index is -0.765. The van der Waals surface area contributed by atoms with E-state index in [2.05, 4.69) is 5.32 Å². The second-order valence-electron chi connectivity index (χ2n) is 3.92. The maximum atomic E-state index is 13.2. The van der Waals surface area contributed by atoms with E-state index < -0.39 is 11.9 Å². The first kappa shape index (κ1) is 13.3. The van der Waals surface area contributed by atoms with E-state index in [9.17, 15) is 8.78 Å². The third-order valence-electron chi connectivity index (χ3n) is 2.50. The molecule has 2 nitrogen and oxygen atoms in total. The van der Waals surface area contributed by atoms with Crippen molar-refractivity contribution in [2.45, 2.75) is 6.04 Å². The van der Waals surface area contributed by atoms with Gasteiger partial charge in [-0.1, -0.05) is 11.6 Å². The molecular weight excluding hydrogens is 270 g/mol. The van der Waals surface area contributed by atoms with Crippen LogP contribution in [0.1, 0.15) is 11.6 Å². The summed E-state index contributed by atoms with van der Waals surface area (Å²) in [5.41, 5.74) is 0.977. The molecule has 5 heteroatoms. The number of nitriles is 1. The second kappa shape index (κ2) is 5.68. The number of nitrogens with zero attached hydrogens (tertiary/aromatic N) is 1. The van der Waals surface area contributed by atoms with Crippen LogP contribution < -0.4 is 5.32 Å². The molecular formula is C14H9ClF2N2. The van der Waals surface area contributed by atoms with Crippen LogP contribution in [0.15, 0.2) is 42.5 Å². The maximum Gasteiger partial charge on any atom is 0.140 e. The molecule has 0 aliphatic heterocycles. The van der Waals surface area contributed by atoms with Gasteiger partial charge < -0.3 is 5.32 Å². The molecule has 96 valence electrons. The third-order valence-corrected chi connectivity index (χ3v) is 2.72. The van der Waals surface area contributed by atoms with Gasteiger partial charge >= 0.3 is 0 Å². The first-order valence-electron chi connectivity index (χ1n) is 5.46. The molecule has 2 aromatic carbocycles. The van der Waals surface area contributed by atoms with Crippen molar-refractivity contribution in [3.05, 3.63) is 64.7 Å². The zero-order valence-corrected chi connectivity index (χ0v) is 10.5. The van der Waals surface area contributed by atoms with E-state index in [1.807, 2.05) is 6.07 Å². The second-order valence-corrected chi connectivity index (χ2v) is 4.35. The van der Waals surface area contributed by atoms with Gasteiger partial charge in [-0.05, 0) is 48.0 Å². The minimum Gasteiger partial charge on any atom is -0.366 e. The van der Waals surface area contributed by atoms with Gasteiger partial charge in [0.05, 0.1) is 6.07 Å². The van der Waals surface area contributed by atoms with Gasteiger partial charge in [0, 0.05) is 10.7 Å². The largest absolute Gasteiger partial charge is 0.366 e. The Kier molecular flexibility index (Phi) is 3.98. The standard InChI is InChI=1S/C14H9ClF2N2/c15-10-5-9(6-12(17)7-10)14(8-18)19-13-3-1-11(16)2-4-13/h1-7,14,19H. The number of hydrogen-bond donors (Lipinski definition) is 1. The zero-order valence-electron chi connectivity index (χ0n) is 9.70. The Labute approximate surface area is 114 Å². The highest BCUT2D eigenvalue weighted by molar-refractivity contribution is 6.30.